The fourth-order valence-corrected chi connectivity index (χ4v) is 2.63. The Morgan fingerprint density at radius 3 is 2.38 bits per heavy atom. The molecule has 0 fully saturated rings. The van der Waals surface area contributed by atoms with Crippen LogP contribution in [0.2, 0.25) is 0 Å². The number of nitrogens with one attached hydrogen (secondary N) is 2. The number of hydrogen-bond donors (Lipinski definition) is 4. The number of aliphatic hydroxyl groups is 1. The van der Waals surface area contributed by atoms with Crippen molar-refractivity contribution in [1.82, 2.24) is 10.6 Å². The zero-order valence-electron chi connectivity index (χ0n) is 12.5. The van der Waals surface area contributed by atoms with Crippen molar-refractivity contribution < 1.29 is 19.8 Å². The van der Waals surface area contributed by atoms with Gasteiger partial charge in [-0.25, -0.2) is 4.79 Å². The summed E-state index contributed by atoms with van der Waals surface area (Å²) < 4.78 is 0. The fraction of sp³-hybridized carbons (Fsp3) is 0.571. The van der Waals surface area contributed by atoms with Crippen LogP contribution in [0.1, 0.15) is 32.1 Å². The first kappa shape index (κ1) is 17.5. The van der Waals surface area contributed by atoms with Gasteiger partial charge in [-0.05, 0) is 18.4 Å². The third-order valence-electron chi connectivity index (χ3n) is 3.04. The van der Waals surface area contributed by atoms with E-state index in [0.717, 1.165) is 0 Å². The summed E-state index contributed by atoms with van der Waals surface area (Å²) >= 11 is 1.63. The highest BCUT2D eigenvalue weighted by Gasteiger charge is 2.26. The van der Waals surface area contributed by atoms with Crippen molar-refractivity contribution >= 4 is 23.3 Å². The molecule has 0 spiro atoms. The van der Waals surface area contributed by atoms with Gasteiger partial charge in [-0.1, -0.05) is 19.9 Å². The van der Waals surface area contributed by atoms with Crippen molar-refractivity contribution in [2.45, 2.75) is 38.2 Å². The second-order valence-corrected chi connectivity index (χ2v) is 6.91. The monoisotopic (exact) mass is 314 g/mol. The van der Waals surface area contributed by atoms with E-state index < -0.39 is 24.0 Å². The maximum absolute atomic E-state index is 11.7. The van der Waals surface area contributed by atoms with Gasteiger partial charge in [0.1, 0.15) is 0 Å². The highest BCUT2D eigenvalue weighted by Crippen LogP contribution is 2.26. The molecule has 0 aliphatic rings. The van der Waals surface area contributed by atoms with E-state index in [9.17, 15) is 14.7 Å². The van der Waals surface area contributed by atoms with Gasteiger partial charge in [-0.2, -0.15) is 0 Å². The summed E-state index contributed by atoms with van der Waals surface area (Å²) in [4.78, 5) is 23.4. The van der Waals surface area contributed by atoms with Crippen molar-refractivity contribution in [3.05, 3.63) is 22.4 Å². The molecule has 0 aliphatic carbocycles. The average Bonchev–Trinajstić information content (AvgIpc) is 2.87. The van der Waals surface area contributed by atoms with Gasteiger partial charge in [-0.15, -0.1) is 11.3 Å². The first-order chi connectivity index (χ1) is 9.62. The van der Waals surface area contributed by atoms with Crippen LogP contribution < -0.4 is 10.6 Å². The zero-order chi connectivity index (χ0) is 16.1. The second-order valence-electron chi connectivity index (χ2n) is 5.96. The van der Waals surface area contributed by atoms with Crippen LogP contribution in [0.25, 0.3) is 0 Å². The minimum atomic E-state index is -1.47. The lowest BCUT2D eigenvalue weighted by atomic mass is 9.91. The van der Waals surface area contributed by atoms with E-state index in [1.54, 1.807) is 11.3 Å². The van der Waals surface area contributed by atoms with Crippen molar-refractivity contribution in [2.24, 2.45) is 0 Å². The smallest absolute Gasteiger partial charge is 0.314 e. The molecule has 118 valence electrons. The van der Waals surface area contributed by atoms with Crippen molar-refractivity contribution in [3.8, 4) is 0 Å². The Bertz CT molecular complexity index is 483. The Balaban J connectivity index is 2.39. The molecule has 1 heterocycles. The van der Waals surface area contributed by atoms with Crippen LogP contribution in [-0.4, -0.2) is 40.9 Å². The molecular formula is C14H22N2O4S. The van der Waals surface area contributed by atoms with Crippen LogP contribution in [0.4, 0.5) is 4.79 Å². The number of aliphatic carboxylic acids is 1. The maximum atomic E-state index is 11.7. The normalized spacial score (nSPS) is 14.3. The minimum absolute atomic E-state index is 0.120. The number of amides is 2. The summed E-state index contributed by atoms with van der Waals surface area (Å²) in [5.74, 6) is -1.11. The molecule has 21 heavy (non-hydrogen) atoms. The SMILES string of the molecule is CC(O)(CNC(=O)NCC(C)(C)c1cccs1)CC(=O)O. The van der Waals surface area contributed by atoms with Gasteiger partial charge in [-0.3, -0.25) is 4.79 Å². The molecule has 1 rings (SSSR count). The molecule has 1 aromatic rings. The van der Waals surface area contributed by atoms with Gasteiger partial charge in [0.05, 0.1) is 12.0 Å². The molecule has 1 atom stereocenters. The van der Waals surface area contributed by atoms with Crippen LogP contribution in [0.15, 0.2) is 17.5 Å². The summed E-state index contributed by atoms with van der Waals surface area (Å²) in [6.07, 6.45) is -0.423. The molecule has 1 aromatic heterocycles. The summed E-state index contributed by atoms with van der Waals surface area (Å²) in [6, 6.07) is 3.55. The van der Waals surface area contributed by atoms with Gasteiger partial charge in [0, 0.05) is 23.4 Å². The van der Waals surface area contributed by atoms with Gasteiger partial charge in [0.15, 0.2) is 0 Å². The summed E-state index contributed by atoms with van der Waals surface area (Å²) in [6.45, 7) is 5.75. The Morgan fingerprint density at radius 1 is 1.24 bits per heavy atom. The molecule has 0 aliphatic heterocycles. The first-order valence-electron chi connectivity index (χ1n) is 6.62. The van der Waals surface area contributed by atoms with E-state index in [2.05, 4.69) is 10.6 Å². The molecule has 0 radical (unpaired) electrons. The zero-order valence-corrected chi connectivity index (χ0v) is 13.3. The molecule has 0 bridgehead atoms. The van der Waals surface area contributed by atoms with Crippen LogP contribution >= 0.6 is 11.3 Å². The van der Waals surface area contributed by atoms with Crippen molar-refractivity contribution in [2.75, 3.05) is 13.1 Å². The van der Waals surface area contributed by atoms with E-state index >= 15 is 0 Å². The molecule has 7 heteroatoms. The highest BCUT2D eigenvalue weighted by atomic mass is 32.1. The van der Waals surface area contributed by atoms with E-state index in [4.69, 9.17) is 5.11 Å². The minimum Gasteiger partial charge on any atom is -0.481 e. The second kappa shape index (κ2) is 6.91. The Labute approximate surface area is 128 Å². The first-order valence-corrected chi connectivity index (χ1v) is 7.50. The lowest BCUT2D eigenvalue weighted by Crippen LogP contribution is -2.48. The standard InChI is InChI=1S/C14H22N2O4S/c1-13(2,10-5-4-6-21-10)8-15-12(19)16-9-14(3,20)7-11(17)18/h4-6,20H,7-9H2,1-3H3,(H,17,18)(H2,15,16,19). The van der Waals surface area contributed by atoms with Crippen molar-refractivity contribution in [1.29, 1.82) is 0 Å². The third-order valence-corrected chi connectivity index (χ3v) is 4.28. The molecule has 6 nitrogen and oxygen atoms in total. The number of thiophene rings is 1. The van der Waals surface area contributed by atoms with E-state index in [0.29, 0.717) is 6.54 Å². The van der Waals surface area contributed by atoms with E-state index in [1.165, 1.54) is 11.8 Å². The number of hydrogen-bond acceptors (Lipinski definition) is 4. The Kier molecular flexibility index (Phi) is 5.74. The molecular weight excluding hydrogens is 292 g/mol. The van der Waals surface area contributed by atoms with Crippen LogP contribution in [0.5, 0.6) is 0 Å². The number of rotatable bonds is 7. The number of carboxylic acid groups (broad SMARTS) is 1. The Hall–Kier alpha value is -1.60. The molecule has 4 N–H and O–H groups in total. The van der Waals surface area contributed by atoms with E-state index in [1.807, 2.05) is 31.4 Å². The predicted octanol–water partition coefficient (Wildman–Crippen LogP) is 1.55. The number of carboxylic acids is 1. The van der Waals surface area contributed by atoms with Gasteiger partial charge in [0.25, 0.3) is 0 Å². The predicted molar refractivity (Wildman–Crippen MR) is 81.6 cm³/mol. The average molecular weight is 314 g/mol. The van der Waals surface area contributed by atoms with Crippen LogP contribution in [-0.2, 0) is 10.2 Å². The summed E-state index contributed by atoms with van der Waals surface area (Å²) in [5, 5.41) is 25.6. The largest absolute Gasteiger partial charge is 0.481 e. The summed E-state index contributed by atoms with van der Waals surface area (Å²) in [7, 11) is 0. The van der Waals surface area contributed by atoms with Crippen LogP contribution in [0.3, 0.4) is 0 Å². The number of carbonyl (C=O) groups is 2. The molecule has 0 aromatic carbocycles. The molecule has 2 amide bonds. The topological polar surface area (TPSA) is 98.7 Å². The third kappa shape index (κ3) is 6.14. The molecule has 1 unspecified atom stereocenters. The van der Waals surface area contributed by atoms with Crippen molar-refractivity contribution in [3.63, 3.8) is 0 Å². The molecule has 0 saturated carbocycles. The number of urea groups is 1. The Morgan fingerprint density at radius 2 is 1.86 bits per heavy atom. The highest BCUT2D eigenvalue weighted by molar-refractivity contribution is 7.10. The molecule has 0 saturated heterocycles. The quantitative estimate of drug-likeness (QED) is 0.613. The maximum Gasteiger partial charge on any atom is 0.314 e. The van der Waals surface area contributed by atoms with Crippen LogP contribution in [0, 0.1) is 0 Å². The lowest BCUT2D eigenvalue weighted by molar-refractivity contribution is -0.141. The summed E-state index contributed by atoms with van der Waals surface area (Å²) in [5.41, 5.74) is -1.65. The lowest BCUT2D eigenvalue weighted by Gasteiger charge is -2.25. The van der Waals surface area contributed by atoms with Gasteiger partial charge in [0.2, 0.25) is 0 Å². The number of carbonyl (C=O) groups excluding carboxylic acids is 1. The fourth-order valence-electron chi connectivity index (χ4n) is 1.77. The van der Waals surface area contributed by atoms with Gasteiger partial charge < -0.3 is 20.8 Å². The van der Waals surface area contributed by atoms with Gasteiger partial charge >= 0.3 is 12.0 Å². The van der Waals surface area contributed by atoms with E-state index in [-0.39, 0.29) is 12.0 Å².